The quantitative estimate of drug-likeness (QED) is 0.321. The van der Waals surface area contributed by atoms with E-state index in [1.54, 1.807) is 6.07 Å². The number of furan rings is 1. The number of nitrogens with one attached hydrogen (secondary N) is 1. The Morgan fingerprint density at radius 2 is 2.47 bits per heavy atom. The minimum Gasteiger partial charge on any atom is -0.459 e. The molecule has 0 aliphatic heterocycles. The Labute approximate surface area is 88.6 Å². The van der Waals surface area contributed by atoms with Gasteiger partial charge in [-0.2, -0.15) is 0 Å². The van der Waals surface area contributed by atoms with Crippen LogP contribution in [0, 0.1) is 0 Å². The fraction of sp³-hybridized carbons (Fsp3) is 0.500. The molecule has 0 radical (unpaired) electrons. The van der Waals surface area contributed by atoms with E-state index in [0.29, 0.717) is 18.8 Å². The molecule has 0 saturated heterocycles. The minimum atomic E-state index is -0.436. The van der Waals surface area contributed by atoms with Crippen LogP contribution in [0.4, 0.5) is 0 Å². The average Bonchev–Trinajstić information content (AvgIpc) is 2.71. The maximum Gasteiger partial charge on any atom is 0.301 e. The molecular weight excluding hydrogens is 196 g/mol. The summed E-state index contributed by atoms with van der Waals surface area (Å²) in [6.07, 6.45) is 3.54. The Kier molecular flexibility index (Phi) is 4.86. The van der Waals surface area contributed by atoms with Crippen LogP contribution in [0.2, 0.25) is 0 Å². The number of nitrogens with two attached hydrogens (primary N) is 1. The van der Waals surface area contributed by atoms with E-state index in [4.69, 9.17) is 15.0 Å². The number of nitrogen functional groups attached to an aromatic ring is 1. The van der Waals surface area contributed by atoms with E-state index in [1.165, 1.54) is 6.26 Å². The molecule has 0 atom stereocenters. The molecule has 1 amide bonds. The SMILES string of the molecule is CCCCOCc1ccoc1C(=O)NN. The summed E-state index contributed by atoms with van der Waals surface area (Å²) in [4.78, 5) is 11.2. The zero-order valence-electron chi connectivity index (χ0n) is 8.79. The molecule has 0 spiro atoms. The summed E-state index contributed by atoms with van der Waals surface area (Å²) < 4.78 is 10.4. The van der Waals surface area contributed by atoms with Crippen molar-refractivity contribution in [1.29, 1.82) is 0 Å². The number of hydrogen-bond acceptors (Lipinski definition) is 4. The molecule has 1 rings (SSSR count). The maximum absolute atomic E-state index is 11.2. The number of ether oxygens (including phenoxy) is 1. The van der Waals surface area contributed by atoms with Crippen molar-refractivity contribution in [3.63, 3.8) is 0 Å². The third-order valence-corrected chi connectivity index (χ3v) is 1.98. The first-order chi connectivity index (χ1) is 7.29. The molecule has 0 saturated carbocycles. The highest BCUT2D eigenvalue weighted by Gasteiger charge is 2.13. The van der Waals surface area contributed by atoms with Crippen LogP contribution in [0.25, 0.3) is 0 Å². The van der Waals surface area contributed by atoms with Gasteiger partial charge in [-0.05, 0) is 12.5 Å². The highest BCUT2D eigenvalue weighted by Crippen LogP contribution is 2.11. The Bertz CT molecular complexity index is 309. The van der Waals surface area contributed by atoms with Crippen LogP contribution in [0.15, 0.2) is 16.7 Å². The van der Waals surface area contributed by atoms with Gasteiger partial charge < -0.3 is 9.15 Å². The van der Waals surface area contributed by atoms with Crippen LogP contribution in [0.1, 0.15) is 35.9 Å². The molecular formula is C10H16N2O3. The molecule has 1 aromatic rings. The van der Waals surface area contributed by atoms with Gasteiger partial charge in [-0.15, -0.1) is 0 Å². The smallest absolute Gasteiger partial charge is 0.301 e. The van der Waals surface area contributed by atoms with Crippen molar-refractivity contribution in [2.75, 3.05) is 6.61 Å². The number of hydrogen-bond donors (Lipinski definition) is 2. The molecule has 0 fully saturated rings. The number of carbonyl (C=O) groups excluding carboxylic acids is 1. The van der Waals surface area contributed by atoms with E-state index in [0.717, 1.165) is 12.8 Å². The van der Waals surface area contributed by atoms with Gasteiger partial charge in [0.2, 0.25) is 0 Å². The predicted octanol–water partition coefficient (Wildman–Crippen LogP) is 1.20. The largest absolute Gasteiger partial charge is 0.459 e. The highest BCUT2D eigenvalue weighted by atomic mass is 16.5. The summed E-state index contributed by atoms with van der Waals surface area (Å²) in [5.41, 5.74) is 2.74. The first kappa shape index (κ1) is 11.7. The van der Waals surface area contributed by atoms with Crippen LogP contribution in [0.5, 0.6) is 0 Å². The number of amides is 1. The number of unbranched alkanes of at least 4 members (excludes halogenated alkanes) is 1. The molecule has 0 aliphatic rings. The normalized spacial score (nSPS) is 10.3. The molecule has 0 bridgehead atoms. The molecule has 15 heavy (non-hydrogen) atoms. The van der Waals surface area contributed by atoms with E-state index in [-0.39, 0.29) is 5.76 Å². The minimum absolute atomic E-state index is 0.217. The maximum atomic E-state index is 11.2. The number of carbonyl (C=O) groups is 1. The fourth-order valence-electron chi connectivity index (χ4n) is 1.14. The topological polar surface area (TPSA) is 77.5 Å². The van der Waals surface area contributed by atoms with Crippen molar-refractivity contribution in [2.24, 2.45) is 5.84 Å². The van der Waals surface area contributed by atoms with E-state index in [9.17, 15) is 4.79 Å². The van der Waals surface area contributed by atoms with Crippen molar-refractivity contribution in [1.82, 2.24) is 5.43 Å². The number of hydrazine groups is 1. The summed E-state index contributed by atoms with van der Waals surface area (Å²) in [5, 5.41) is 0. The third-order valence-electron chi connectivity index (χ3n) is 1.98. The van der Waals surface area contributed by atoms with E-state index in [2.05, 4.69) is 6.92 Å². The number of rotatable bonds is 6. The third kappa shape index (κ3) is 3.38. The summed E-state index contributed by atoms with van der Waals surface area (Å²) in [5.74, 6) is 4.79. The first-order valence-corrected chi connectivity index (χ1v) is 4.94. The van der Waals surface area contributed by atoms with Crippen LogP contribution in [-0.4, -0.2) is 12.5 Å². The second kappa shape index (κ2) is 6.21. The van der Waals surface area contributed by atoms with Gasteiger partial charge in [-0.3, -0.25) is 10.2 Å². The predicted molar refractivity (Wildman–Crippen MR) is 54.9 cm³/mol. The molecule has 84 valence electrons. The van der Waals surface area contributed by atoms with Gasteiger partial charge in [0.15, 0.2) is 5.76 Å². The second-order valence-electron chi connectivity index (χ2n) is 3.15. The van der Waals surface area contributed by atoms with Gasteiger partial charge in [0, 0.05) is 12.2 Å². The second-order valence-corrected chi connectivity index (χ2v) is 3.15. The van der Waals surface area contributed by atoms with Crippen LogP contribution >= 0.6 is 0 Å². The molecule has 5 nitrogen and oxygen atoms in total. The molecule has 0 aliphatic carbocycles. The summed E-state index contributed by atoms with van der Waals surface area (Å²) in [7, 11) is 0. The van der Waals surface area contributed by atoms with Gasteiger partial charge in [-0.25, -0.2) is 5.84 Å². The van der Waals surface area contributed by atoms with E-state index < -0.39 is 5.91 Å². The molecule has 0 aromatic carbocycles. The van der Waals surface area contributed by atoms with Crippen LogP contribution in [0.3, 0.4) is 0 Å². The average molecular weight is 212 g/mol. The lowest BCUT2D eigenvalue weighted by Crippen LogP contribution is -2.30. The Morgan fingerprint density at radius 1 is 1.67 bits per heavy atom. The first-order valence-electron chi connectivity index (χ1n) is 4.94. The molecule has 0 unspecified atom stereocenters. The van der Waals surface area contributed by atoms with Crippen molar-refractivity contribution in [3.05, 3.63) is 23.7 Å². The monoisotopic (exact) mass is 212 g/mol. The van der Waals surface area contributed by atoms with Crippen molar-refractivity contribution < 1.29 is 13.9 Å². The van der Waals surface area contributed by atoms with Gasteiger partial charge in [-0.1, -0.05) is 13.3 Å². The van der Waals surface area contributed by atoms with Crippen molar-refractivity contribution >= 4 is 5.91 Å². The lowest BCUT2D eigenvalue weighted by molar-refractivity contribution is 0.0906. The van der Waals surface area contributed by atoms with Crippen LogP contribution in [-0.2, 0) is 11.3 Å². The Balaban J connectivity index is 2.46. The highest BCUT2D eigenvalue weighted by molar-refractivity contribution is 5.92. The molecule has 5 heteroatoms. The lowest BCUT2D eigenvalue weighted by atomic mass is 10.2. The van der Waals surface area contributed by atoms with E-state index >= 15 is 0 Å². The van der Waals surface area contributed by atoms with Crippen molar-refractivity contribution in [2.45, 2.75) is 26.4 Å². The van der Waals surface area contributed by atoms with Gasteiger partial charge in [0.25, 0.3) is 0 Å². The van der Waals surface area contributed by atoms with E-state index in [1.807, 2.05) is 5.43 Å². The zero-order valence-corrected chi connectivity index (χ0v) is 8.79. The summed E-state index contributed by atoms with van der Waals surface area (Å²) >= 11 is 0. The van der Waals surface area contributed by atoms with Gasteiger partial charge in [0.1, 0.15) is 0 Å². The van der Waals surface area contributed by atoms with Crippen LogP contribution < -0.4 is 11.3 Å². The van der Waals surface area contributed by atoms with Gasteiger partial charge in [0.05, 0.1) is 12.9 Å². The Hall–Kier alpha value is -1.33. The zero-order chi connectivity index (χ0) is 11.1. The van der Waals surface area contributed by atoms with Crippen molar-refractivity contribution in [3.8, 4) is 0 Å². The summed E-state index contributed by atoms with van der Waals surface area (Å²) in [6, 6.07) is 1.70. The lowest BCUT2D eigenvalue weighted by Gasteiger charge is -2.02. The Morgan fingerprint density at radius 3 is 3.13 bits per heavy atom. The fourth-order valence-corrected chi connectivity index (χ4v) is 1.14. The molecule has 1 aromatic heterocycles. The van der Waals surface area contributed by atoms with Gasteiger partial charge >= 0.3 is 5.91 Å². The molecule has 1 heterocycles. The standard InChI is InChI=1S/C10H16N2O3/c1-2-3-5-14-7-8-4-6-15-9(8)10(13)12-11/h4,6H,2-3,5,7,11H2,1H3,(H,12,13). The molecule has 3 N–H and O–H groups in total. The summed E-state index contributed by atoms with van der Waals surface area (Å²) in [6.45, 7) is 3.15.